The van der Waals surface area contributed by atoms with Crippen molar-refractivity contribution in [2.75, 3.05) is 20.5 Å². The standard InChI is InChI=1S/C18H25NO/c1-19-10-9-18-8-4-3-5-15(18)17(19)11-13-6-7-14(20-2)12-16(13)18/h6-7,12,15,17H,3-5,8-11H2,1-2H3/t15-,17+,18+/m1/s1/i1D3,2D3,3D2,4D2,5D2,8D2,9D2,10D2,15D,17D. The van der Waals surface area contributed by atoms with Crippen LogP contribution in [0.25, 0.3) is 0 Å². The molecule has 108 valence electrons. The number of ether oxygens (including phenoxy) is 1. The maximum atomic E-state index is 9.53. The monoisotopic (exact) mass is 291 g/mol. The van der Waals surface area contributed by atoms with Crippen LogP contribution in [0.2, 0.25) is 0 Å². The maximum absolute atomic E-state index is 9.53. The normalized spacial score (nSPS) is 74.6. The Balaban J connectivity index is 2.37. The predicted octanol–water partition coefficient (Wildman–Crippen LogP) is 3.38. The van der Waals surface area contributed by atoms with Gasteiger partial charge in [-0.05, 0) is 68.2 Å². The molecule has 2 fully saturated rings. The molecule has 1 saturated carbocycles. The highest BCUT2D eigenvalue weighted by molar-refractivity contribution is 5.45. The Bertz CT molecular complexity index is 1250. The van der Waals surface area contributed by atoms with Gasteiger partial charge >= 0.3 is 0 Å². The molecule has 4 rings (SSSR count). The summed E-state index contributed by atoms with van der Waals surface area (Å²) in [5.41, 5.74) is -4.97. The van der Waals surface area contributed by atoms with Crippen LogP contribution in [0.4, 0.5) is 0 Å². The minimum Gasteiger partial charge on any atom is -0.497 e. The summed E-state index contributed by atoms with van der Waals surface area (Å²) in [5, 5.41) is 0. The van der Waals surface area contributed by atoms with Crippen molar-refractivity contribution in [1.82, 2.24) is 4.90 Å². The molecule has 1 aromatic carbocycles. The number of fused-ring (bicyclic) bond motifs is 1. The molecule has 1 saturated heterocycles. The largest absolute Gasteiger partial charge is 0.497 e. The van der Waals surface area contributed by atoms with Gasteiger partial charge in [0.2, 0.25) is 0 Å². The van der Waals surface area contributed by atoms with Crippen LogP contribution >= 0.6 is 0 Å². The molecule has 2 nitrogen and oxygen atoms in total. The number of hydrogen-bond acceptors (Lipinski definition) is 2. The van der Waals surface area contributed by atoms with Gasteiger partial charge < -0.3 is 9.64 Å². The molecule has 20 heavy (non-hydrogen) atoms. The predicted molar refractivity (Wildman–Crippen MR) is 81.4 cm³/mol. The Morgan fingerprint density at radius 1 is 1.45 bits per heavy atom. The highest BCUT2D eigenvalue weighted by Gasteiger charge is 2.53. The van der Waals surface area contributed by atoms with Crippen LogP contribution in [0.15, 0.2) is 18.2 Å². The second-order valence-electron chi connectivity index (χ2n) is 4.74. The van der Waals surface area contributed by atoms with Crippen molar-refractivity contribution in [1.29, 1.82) is 0 Å². The van der Waals surface area contributed by atoms with E-state index in [1.807, 2.05) is 0 Å². The summed E-state index contributed by atoms with van der Waals surface area (Å²) in [5.74, 6) is -4.53. The van der Waals surface area contributed by atoms with Gasteiger partial charge in [0.05, 0.1) is 11.2 Å². The average Bonchev–Trinajstić information content (AvgIpc) is 2.70. The summed E-state index contributed by atoms with van der Waals surface area (Å²) in [7, 11) is -3.12. The number of hydrogen-bond donors (Lipinski definition) is 0. The average molecular weight is 292 g/mol. The zero-order valence-electron chi connectivity index (χ0n) is 30.3. The molecule has 2 aliphatic carbocycles. The van der Waals surface area contributed by atoms with Gasteiger partial charge in [0.1, 0.15) is 5.75 Å². The fourth-order valence-corrected chi connectivity index (χ4v) is 2.82. The molecule has 0 spiro atoms. The van der Waals surface area contributed by atoms with E-state index in [-0.39, 0.29) is 10.5 Å². The van der Waals surface area contributed by atoms with Crippen LogP contribution in [-0.4, -0.2) is 31.4 Å². The van der Waals surface area contributed by atoms with E-state index in [0.717, 1.165) is 12.1 Å². The van der Waals surface area contributed by atoms with Crippen molar-refractivity contribution in [3.05, 3.63) is 29.3 Å². The second kappa shape index (κ2) is 4.49. The first-order valence-corrected chi connectivity index (χ1v) is 6.02. The van der Waals surface area contributed by atoms with Crippen LogP contribution in [-0.2, 0) is 11.8 Å². The summed E-state index contributed by atoms with van der Waals surface area (Å²) < 4.78 is 175. The molecule has 3 atom stereocenters. The molecule has 3 aliphatic rings. The molecule has 1 heterocycles. The lowest BCUT2D eigenvalue weighted by Gasteiger charge is -2.58. The smallest absolute Gasteiger partial charge is 0.119 e. The Morgan fingerprint density at radius 3 is 3.35 bits per heavy atom. The van der Waals surface area contributed by atoms with Gasteiger partial charge in [-0.1, -0.05) is 18.8 Å². The van der Waals surface area contributed by atoms with Crippen molar-refractivity contribution >= 4 is 0 Å². The van der Waals surface area contributed by atoms with Crippen LogP contribution in [0.1, 0.15) is 70.4 Å². The molecule has 0 unspecified atom stereocenters. The summed E-state index contributed by atoms with van der Waals surface area (Å²) in [6.45, 7) is -7.68. The van der Waals surface area contributed by atoms with Crippen molar-refractivity contribution in [2.24, 2.45) is 5.89 Å². The van der Waals surface area contributed by atoms with Crippen LogP contribution < -0.4 is 4.74 Å². The first-order chi connectivity index (χ1) is 17.4. The molecular weight excluding hydrogens is 246 g/mol. The first kappa shape index (κ1) is 3.48. The van der Waals surface area contributed by atoms with E-state index in [1.54, 1.807) is 0 Å². The van der Waals surface area contributed by atoms with E-state index in [1.165, 1.54) is 0 Å². The summed E-state index contributed by atoms with van der Waals surface area (Å²) >= 11 is 0. The van der Waals surface area contributed by atoms with Gasteiger partial charge in [-0.2, -0.15) is 0 Å². The third kappa shape index (κ3) is 1.60. The van der Waals surface area contributed by atoms with Crippen molar-refractivity contribution in [3.63, 3.8) is 0 Å². The third-order valence-corrected chi connectivity index (χ3v) is 3.75. The van der Waals surface area contributed by atoms with Gasteiger partial charge in [0.25, 0.3) is 0 Å². The summed E-state index contributed by atoms with van der Waals surface area (Å²) in [6, 6.07) is -0.787. The Morgan fingerprint density at radius 2 is 2.45 bits per heavy atom. The molecule has 0 aromatic heterocycles. The molecule has 1 aromatic rings. The molecule has 1 aliphatic heterocycles. The molecule has 0 N–H and O–H groups in total. The van der Waals surface area contributed by atoms with E-state index in [4.69, 9.17) is 29.4 Å². The zero-order chi connectivity index (χ0) is 31.3. The Labute approximate surface area is 150 Å². The number of benzene rings is 1. The highest BCUT2D eigenvalue weighted by Crippen LogP contribution is 2.55. The number of likely N-dealkylation sites (tertiary alicyclic amines) is 1. The number of nitrogens with zero attached hydrogens (tertiary/aromatic N) is 1. The molecule has 2 heteroatoms. The highest BCUT2D eigenvalue weighted by atomic mass is 16.5. The van der Waals surface area contributed by atoms with Gasteiger partial charge in [0, 0.05) is 34.7 Å². The lowest BCUT2D eigenvalue weighted by atomic mass is 9.52. The minimum absolute atomic E-state index is 0.331. The summed E-state index contributed by atoms with van der Waals surface area (Å²) in [6.07, 6.45) is -21.3. The lowest BCUT2D eigenvalue weighted by Crippen LogP contribution is -2.59. The maximum Gasteiger partial charge on any atom is 0.119 e. The molecular formula is C18H25NO. The topological polar surface area (TPSA) is 12.5 Å². The van der Waals surface area contributed by atoms with Crippen LogP contribution in [0, 0.1) is 5.89 Å². The molecule has 0 radical (unpaired) electrons. The molecule has 0 amide bonds. The fourth-order valence-electron chi connectivity index (χ4n) is 2.82. The number of rotatable bonds is 1. The summed E-state index contributed by atoms with van der Waals surface area (Å²) in [4.78, 5) is -0.362. The zero-order valence-corrected chi connectivity index (χ0v) is 10.3. The first-order valence-electron chi connectivity index (χ1n) is 16.0. The van der Waals surface area contributed by atoms with E-state index < -0.39 is 87.4 Å². The van der Waals surface area contributed by atoms with Crippen LogP contribution in [0.5, 0.6) is 5.75 Å². The number of piperidine rings is 1. The van der Waals surface area contributed by atoms with E-state index in [2.05, 4.69) is 0 Å². The van der Waals surface area contributed by atoms with Gasteiger partial charge in [-0.15, -0.1) is 0 Å². The molecule has 2 bridgehead atoms. The second-order valence-corrected chi connectivity index (χ2v) is 4.74. The van der Waals surface area contributed by atoms with Crippen molar-refractivity contribution < 1.29 is 32.2 Å². The lowest BCUT2D eigenvalue weighted by molar-refractivity contribution is 0.00274. The van der Waals surface area contributed by atoms with Gasteiger partial charge in [-0.25, -0.2) is 0 Å². The number of methoxy groups -OCH3 is 1. The SMILES string of the molecule is [2H]C([2H])([2H])Oc1ccc2c(c1)[C@@]13C([2H])([2H])C([2H])([2H])N(C([2H])([2H])[2H])[C@@]([2H])(C2)[C@@]1([2H])C([2H])([2H])C([2H])([2H])C([2H])([2H])C3([2H])[2H]. The minimum atomic E-state index is -4.09. The van der Waals surface area contributed by atoms with Gasteiger partial charge in [-0.3, -0.25) is 0 Å². The van der Waals surface area contributed by atoms with E-state index in [0.29, 0.717) is 6.07 Å². The van der Waals surface area contributed by atoms with Crippen LogP contribution in [0.3, 0.4) is 0 Å². The van der Waals surface area contributed by atoms with Crippen molar-refractivity contribution in [2.45, 2.75) is 49.7 Å². The van der Waals surface area contributed by atoms with Crippen molar-refractivity contribution in [3.8, 4) is 5.75 Å². The quantitative estimate of drug-likeness (QED) is 0.786. The van der Waals surface area contributed by atoms with E-state index >= 15 is 0 Å². The van der Waals surface area contributed by atoms with Gasteiger partial charge in [0.15, 0.2) is 0 Å². The number of likely N-dealkylation sites (N-methyl/N-ethyl adjacent to an activating group) is 1. The Kier molecular flexibility index (Phi) is 0.782. The third-order valence-electron chi connectivity index (χ3n) is 3.75. The van der Waals surface area contributed by atoms with E-state index in [9.17, 15) is 2.74 Å². The fraction of sp³-hybridized carbons (Fsp3) is 0.667. The Hall–Kier alpha value is -1.02.